The normalized spacial score (nSPS) is 27.7. The minimum absolute atomic E-state index is 0.705. The van der Waals surface area contributed by atoms with Gasteiger partial charge in [0.1, 0.15) is 0 Å². The van der Waals surface area contributed by atoms with Gasteiger partial charge in [0, 0.05) is 6.04 Å². The summed E-state index contributed by atoms with van der Waals surface area (Å²) in [7, 11) is 0. The van der Waals surface area contributed by atoms with Crippen LogP contribution >= 0.6 is 0 Å². The fourth-order valence-corrected chi connectivity index (χ4v) is 2.48. The molecular weight excluding hydrogens is 182 g/mol. The molecule has 1 aliphatic rings. The quantitative estimate of drug-likeness (QED) is 0.537. The van der Waals surface area contributed by atoms with E-state index in [9.17, 15) is 0 Å². The average molecular weight is 209 g/mol. The highest BCUT2D eigenvalue weighted by Gasteiger charge is 2.24. The van der Waals surface area contributed by atoms with Gasteiger partial charge in [-0.15, -0.1) is 0 Å². The minimum Gasteiger partial charge on any atom is -0.313 e. The van der Waals surface area contributed by atoms with Gasteiger partial charge in [0.15, 0.2) is 0 Å². The zero-order chi connectivity index (χ0) is 11.1. The van der Waals surface area contributed by atoms with Gasteiger partial charge in [-0.3, -0.25) is 0 Å². The van der Waals surface area contributed by atoms with Crippen molar-refractivity contribution in [2.45, 2.75) is 58.9 Å². The summed E-state index contributed by atoms with van der Waals surface area (Å²) in [6.45, 7) is 8.13. The molecule has 0 spiro atoms. The first-order chi connectivity index (χ1) is 7.25. The Labute approximate surface area is 95.3 Å². The van der Waals surface area contributed by atoms with E-state index in [0.717, 1.165) is 11.8 Å². The lowest BCUT2D eigenvalue weighted by Crippen LogP contribution is -2.44. The monoisotopic (exact) mass is 209 g/mol. The number of nitrogens with one attached hydrogen (secondary N) is 1. The first-order valence-electron chi connectivity index (χ1n) is 6.65. The van der Waals surface area contributed by atoms with Gasteiger partial charge in [-0.2, -0.15) is 0 Å². The van der Waals surface area contributed by atoms with Crippen molar-refractivity contribution in [1.29, 1.82) is 0 Å². The molecule has 0 aliphatic carbocycles. The Morgan fingerprint density at radius 1 is 1.40 bits per heavy atom. The van der Waals surface area contributed by atoms with Crippen LogP contribution in [0.15, 0.2) is 12.2 Å². The predicted molar refractivity (Wildman–Crippen MR) is 68.0 cm³/mol. The van der Waals surface area contributed by atoms with Gasteiger partial charge in [-0.05, 0) is 37.6 Å². The number of hydrogen-bond acceptors (Lipinski definition) is 1. The Morgan fingerprint density at radius 3 is 2.87 bits per heavy atom. The number of allylic oxidation sites excluding steroid dienone is 1. The highest BCUT2D eigenvalue weighted by Crippen LogP contribution is 2.23. The molecule has 1 nitrogen and oxygen atoms in total. The smallest absolute Gasteiger partial charge is 0.0153 e. The average Bonchev–Trinajstić information content (AvgIpc) is 2.25. The van der Waals surface area contributed by atoms with Gasteiger partial charge in [0.05, 0.1) is 0 Å². The summed E-state index contributed by atoms with van der Waals surface area (Å²) in [5.74, 6) is 1.53. The van der Waals surface area contributed by atoms with Gasteiger partial charge in [-0.25, -0.2) is 0 Å². The number of unbranched alkanes of at least 4 members (excludes halogenated alkanes) is 2. The fraction of sp³-hybridized carbons (Fsp3) is 0.857. The van der Waals surface area contributed by atoms with Crippen molar-refractivity contribution < 1.29 is 0 Å². The molecule has 15 heavy (non-hydrogen) atoms. The maximum absolute atomic E-state index is 3.66. The lowest BCUT2D eigenvalue weighted by Gasteiger charge is -2.33. The largest absolute Gasteiger partial charge is 0.313 e. The Balaban J connectivity index is 2.38. The summed E-state index contributed by atoms with van der Waals surface area (Å²) in [6, 6.07) is 0.705. The van der Waals surface area contributed by atoms with E-state index in [4.69, 9.17) is 0 Å². The van der Waals surface area contributed by atoms with Crippen LogP contribution in [-0.2, 0) is 0 Å². The van der Waals surface area contributed by atoms with E-state index in [1.165, 1.54) is 38.6 Å². The van der Waals surface area contributed by atoms with Gasteiger partial charge in [0.2, 0.25) is 0 Å². The highest BCUT2D eigenvalue weighted by atomic mass is 14.9. The van der Waals surface area contributed by atoms with Crippen molar-refractivity contribution in [2.24, 2.45) is 11.8 Å². The Morgan fingerprint density at radius 2 is 2.20 bits per heavy atom. The molecule has 0 aromatic carbocycles. The van der Waals surface area contributed by atoms with E-state index in [1.54, 1.807) is 0 Å². The molecule has 0 aromatic heterocycles. The first kappa shape index (κ1) is 12.8. The molecule has 2 atom stereocenters. The number of rotatable bonds is 5. The molecule has 0 radical (unpaired) electrons. The van der Waals surface area contributed by atoms with Crippen molar-refractivity contribution in [3.8, 4) is 0 Å². The molecule has 1 N–H and O–H groups in total. The third kappa shape index (κ3) is 4.38. The van der Waals surface area contributed by atoms with Crippen molar-refractivity contribution in [3.05, 3.63) is 12.2 Å². The standard InChI is InChI=1S/C14H27N/c1-4-5-6-7-9-13-10-8-11-15-14(13)12(2)3/h7,9,12-15H,4-6,8,10-11H2,1-3H3/b9-7+/t13-,14+/m1/s1. The predicted octanol–water partition coefficient (Wildman–Crippen LogP) is 3.76. The van der Waals surface area contributed by atoms with Crippen LogP contribution in [0.25, 0.3) is 0 Å². The van der Waals surface area contributed by atoms with Crippen LogP contribution in [0.1, 0.15) is 52.9 Å². The first-order valence-corrected chi connectivity index (χ1v) is 6.65. The molecule has 1 rings (SSSR count). The minimum atomic E-state index is 0.705. The van der Waals surface area contributed by atoms with E-state index in [2.05, 4.69) is 38.2 Å². The molecule has 1 fully saturated rings. The molecule has 0 saturated carbocycles. The second kappa shape index (κ2) is 7.05. The summed E-state index contributed by atoms with van der Waals surface area (Å²) in [6.07, 6.45) is 11.5. The third-order valence-electron chi connectivity index (χ3n) is 3.38. The summed E-state index contributed by atoms with van der Waals surface area (Å²) >= 11 is 0. The second-order valence-corrected chi connectivity index (χ2v) is 5.10. The van der Waals surface area contributed by atoms with Crippen molar-refractivity contribution in [2.75, 3.05) is 6.54 Å². The van der Waals surface area contributed by atoms with Crippen LogP contribution in [0.3, 0.4) is 0 Å². The van der Waals surface area contributed by atoms with Crippen molar-refractivity contribution >= 4 is 0 Å². The summed E-state index contributed by atoms with van der Waals surface area (Å²) in [5, 5.41) is 3.66. The zero-order valence-electron chi connectivity index (χ0n) is 10.6. The van der Waals surface area contributed by atoms with Gasteiger partial charge >= 0.3 is 0 Å². The third-order valence-corrected chi connectivity index (χ3v) is 3.38. The van der Waals surface area contributed by atoms with E-state index in [0.29, 0.717) is 6.04 Å². The Kier molecular flexibility index (Phi) is 6.00. The zero-order valence-corrected chi connectivity index (χ0v) is 10.6. The van der Waals surface area contributed by atoms with Crippen LogP contribution < -0.4 is 5.32 Å². The molecule has 1 saturated heterocycles. The van der Waals surface area contributed by atoms with Crippen LogP contribution in [-0.4, -0.2) is 12.6 Å². The van der Waals surface area contributed by atoms with Crippen LogP contribution in [0.2, 0.25) is 0 Å². The molecule has 0 aromatic rings. The summed E-state index contributed by atoms with van der Waals surface area (Å²) < 4.78 is 0. The highest BCUT2D eigenvalue weighted by molar-refractivity contribution is 4.97. The van der Waals surface area contributed by atoms with Gasteiger partial charge in [-0.1, -0.05) is 45.8 Å². The molecule has 1 heterocycles. The van der Waals surface area contributed by atoms with Gasteiger partial charge in [0.25, 0.3) is 0 Å². The molecule has 0 bridgehead atoms. The number of piperidine rings is 1. The van der Waals surface area contributed by atoms with Crippen molar-refractivity contribution in [1.82, 2.24) is 5.32 Å². The Bertz CT molecular complexity index is 184. The van der Waals surface area contributed by atoms with Crippen LogP contribution in [0, 0.1) is 11.8 Å². The maximum atomic E-state index is 3.66. The van der Waals surface area contributed by atoms with E-state index >= 15 is 0 Å². The van der Waals surface area contributed by atoms with Crippen molar-refractivity contribution in [3.63, 3.8) is 0 Å². The van der Waals surface area contributed by atoms with E-state index < -0.39 is 0 Å². The Hall–Kier alpha value is -0.300. The van der Waals surface area contributed by atoms with Gasteiger partial charge < -0.3 is 5.32 Å². The maximum Gasteiger partial charge on any atom is 0.0153 e. The van der Waals surface area contributed by atoms with Crippen LogP contribution in [0.4, 0.5) is 0 Å². The molecule has 1 heteroatoms. The van der Waals surface area contributed by atoms with E-state index in [1.807, 2.05) is 0 Å². The number of hydrogen-bond donors (Lipinski definition) is 1. The molecule has 88 valence electrons. The van der Waals surface area contributed by atoms with E-state index in [-0.39, 0.29) is 0 Å². The lowest BCUT2D eigenvalue weighted by molar-refractivity contribution is 0.266. The SMILES string of the molecule is CCCC/C=C/[C@@H]1CCCN[C@H]1C(C)C. The lowest BCUT2D eigenvalue weighted by atomic mass is 9.84. The van der Waals surface area contributed by atoms with Crippen LogP contribution in [0.5, 0.6) is 0 Å². The molecular formula is C14H27N. The summed E-state index contributed by atoms with van der Waals surface area (Å²) in [5.41, 5.74) is 0. The second-order valence-electron chi connectivity index (χ2n) is 5.10. The fourth-order valence-electron chi connectivity index (χ4n) is 2.48. The summed E-state index contributed by atoms with van der Waals surface area (Å²) in [4.78, 5) is 0. The topological polar surface area (TPSA) is 12.0 Å². The molecule has 0 unspecified atom stereocenters. The molecule has 1 aliphatic heterocycles. The molecule has 0 amide bonds.